The van der Waals surface area contributed by atoms with Gasteiger partial charge in [0, 0.05) is 23.8 Å². The first-order valence-corrected chi connectivity index (χ1v) is 7.84. The maximum absolute atomic E-state index is 4.86. The number of aromatic nitrogens is 2. The van der Waals surface area contributed by atoms with E-state index < -0.39 is 0 Å². The highest BCUT2D eigenvalue weighted by Crippen LogP contribution is 2.26. The maximum atomic E-state index is 4.86. The van der Waals surface area contributed by atoms with Gasteiger partial charge < -0.3 is 5.32 Å². The fourth-order valence-corrected chi connectivity index (χ4v) is 2.72. The Hall–Kier alpha value is -0.830. The molecular weight excluding hydrogens is 234 g/mol. The van der Waals surface area contributed by atoms with Crippen molar-refractivity contribution >= 4 is 0 Å². The van der Waals surface area contributed by atoms with Crippen LogP contribution in [0.1, 0.15) is 70.5 Å². The summed E-state index contributed by atoms with van der Waals surface area (Å²) in [5.41, 5.74) is 4.17. The van der Waals surface area contributed by atoms with E-state index >= 15 is 0 Å². The molecular formula is C16H31N3. The summed E-state index contributed by atoms with van der Waals surface area (Å²) in [5.74, 6) is 0.730. The largest absolute Gasteiger partial charge is 0.313 e. The normalized spacial score (nSPS) is 13.2. The van der Waals surface area contributed by atoms with Crippen LogP contribution in [0.5, 0.6) is 0 Å². The molecule has 3 nitrogen and oxygen atoms in total. The third-order valence-corrected chi connectivity index (χ3v) is 3.87. The molecule has 110 valence electrons. The summed E-state index contributed by atoms with van der Waals surface area (Å²) in [4.78, 5) is 0. The highest BCUT2D eigenvalue weighted by atomic mass is 15.3. The molecule has 1 heterocycles. The predicted molar refractivity (Wildman–Crippen MR) is 82.5 cm³/mol. The number of rotatable bonds is 8. The zero-order valence-electron chi connectivity index (χ0n) is 13.6. The quantitative estimate of drug-likeness (QED) is 0.776. The van der Waals surface area contributed by atoms with Crippen molar-refractivity contribution in [2.45, 2.75) is 72.9 Å². The zero-order valence-corrected chi connectivity index (χ0v) is 13.6. The van der Waals surface area contributed by atoms with Gasteiger partial charge in [0.2, 0.25) is 0 Å². The molecule has 1 aromatic heterocycles. The highest BCUT2D eigenvalue weighted by molar-refractivity contribution is 5.30. The molecule has 0 spiro atoms. The highest BCUT2D eigenvalue weighted by Gasteiger charge is 2.21. The van der Waals surface area contributed by atoms with Crippen molar-refractivity contribution in [3.8, 4) is 0 Å². The minimum absolute atomic E-state index is 0.442. The van der Waals surface area contributed by atoms with Crippen molar-refractivity contribution in [3.63, 3.8) is 0 Å². The Morgan fingerprint density at radius 3 is 2.26 bits per heavy atom. The molecule has 0 bridgehead atoms. The first kappa shape index (κ1) is 16.2. The summed E-state index contributed by atoms with van der Waals surface area (Å²) >= 11 is 0. The van der Waals surface area contributed by atoms with Crippen LogP contribution in [0.3, 0.4) is 0 Å². The lowest BCUT2D eigenvalue weighted by atomic mass is 9.99. The van der Waals surface area contributed by atoms with Gasteiger partial charge >= 0.3 is 0 Å². The molecule has 3 heteroatoms. The van der Waals surface area contributed by atoms with Crippen molar-refractivity contribution in [2.75, 3.05) is 7.05 Å². The summed E-state index contributed by atoms with van der Waals surface area (Å²) in [7, 11) is 2.05. The van der Waals surface area contributed by atoms with E-state index in [0.29, 0.717) is 6.04 Å². The molecule has 0 saturated heterocycles. The second-order valence-corrected chi connectivity index (χ2v) is 5.67. The van der Waals surface area contributed by atoms with Crippen LogP contribution in [0, 0.1) is 5.92 Å². The van der Waals surface area contributed by atoms with Gasteiger partial charge in [-0.25, -0.2) is 0 Å². The Balaban J connectivity index is 3.12. The van der Waals surface area contributed by atoms with E-state index in [2.05, 4.69) is 51.7 Å². The Bertz CT molecular complexity index is 376. The number of hydrogen-bond acceptors (Lipinski definition) is 2. The van der Waals surface area contributed by atoms with Crippen LogP contribution in [0.4, 0.5) is 0 Å². The van der Waals surface area contributed by atoms with Crippen molar-refractivity contribution in [1.29, 1.82) is 0 Å². The van der Waals surface area contributed by atoms with Crippen LogP contribution in [0.25, 0.3) is 0 Å². The lowest BCUT2D eigenvalue weighted by Crippen LogP contribution is -2.18. The zero-order chi connectivity index (χ0) is 14.4. The third-order valence-electron chi connectivity index (χ3n) is 3.87. The minimum atomic E-state index is 0.442. The minimum Gasteiger partial charge on any atom is -0.313 e. The lowest BCUT2D eigenvalue weighted by molar-refractivity contribution is 0.472. The molecule has 0 aliphatic carbocycles. The van der Waals surface area contributed by atoms with E-state index in [1.165, 1.54) is 23.4 Å². The van der Waals surface area contributed by atoms with Gasteiger partial charge in [-0.1, -0.05) is 34.6 Å². The Labute approximate surface area is 118 Å². The Kier molecular flexibility index (Phi) is 6.56. The topological polar surface area (TPSA) is 29.9 Å². The SMILES string of the molecule is CCc1nn(CCC(C)C)c(CC)c1C(CC)NC. The van der Waals surface area contributed by atoms with Crippen LogP contribution in [-0.2, 0) is 19.4 Å². The number of nitrogens with zero attached hydrogens (tertiary/aromatic N) is 2. The number of aryl methyl sites for hydroxylation is 2. The summed E-state index contributed by atoms with van der Waals surface area (Å²) in [6.07, 6.45) is 4.41. The molecule has 0 amide bonds. The van der Waals surface area contributed by atoms with E-state index in [4.69, 9.17) is 5.10 Å². The predicted octanol–water partition coefficient (Wildman–Crippen LogP) is 3.72. The number of nitrogens with one attached hydrogen (secondary N) is 1. The van der Waals surface area contributed by atoms with Crippen molar-refractivity contribution in [2.24, 2.45) is 5.92 Å². The standard InChI is InChI=1S/C16H31N3/c1-7-13(17-6)16-14(8-2)18-19(15(16)9-3)11-10-12(4)5/h12-13,17H,7-11H2,1-6H3. The average Bonchev–Trinajstić information content (AvgIpc) is 2.76. The second-order valence-electron chi connectivity index (χ2n) is 5.67. The van der Waals surface area contributed by atoms with Crippen molar-refractivity contribution in [1.82, 2.24) is 15.1 Å². The fraction of sp³-hybridized carbons (Fsp3) is 0.812. The van der Waals surface area contributed by atoms with Crippen LogP contribution in [0.15, 0.2) is 0 Å². The molecule has 19 heavy (non-hydrogen) atoms. The van der Waals surface area contributed by atoms with Gasteiger partial charge in [-0.15, -0.1) is 0 Å². The summed E-state index contributed by atoms with van der Waals surface area (Å²) in [6.45, 7) is 12.3. The summed E-state index contributed by atoms with van der Waals surface area (Å²) in [5, 5.41) is 8.31. The van der Waals surface area contributed by atoms with Crippen LogP contribution < -0.4 is 5.32 Å². The Morgan fingerprint density at radius 2 is 1.84 bits per heavy atom. The summed E-state index contributed by atoms with van der Waals surface area (Å²) < 4.78 is 2.26. The molecule has 1 atom stereocenters. The van der Waals surface area contributed by atoms with Crippen molar-refractivity contribution in [3.05, 3.63) is 17.0 Å². The molecule has 0 radical (unpaired) electrons. The first-order chi connectivity index (χ1) is 9.08. The molecule has 1 aromatic rings. The molecule has 1 rings (SSSR count). The van der Waals surface area contributed by atoms with Crippen LogP contribution >= 0.6 is 0 Å². The second kappa shape index (κ2) is 7.68. The molecule has 0 fully saturated rings. The first-order valence-electron chi connectivity index (χ1n) is 7.84. The molecule has 0 aliphatic rings. The summed E-state index contributed by atoms with van der Waals surface area (Å²) in [6, 6.07) is 0.442. The van der Waals surface area contributed by atoms with E-state index in [1.807, 2.05) is 0 Å². The maximum Gasteiger partial charge on any atom is 0.0672 e. The van der Waals surface area contributed by atoms with Crippen molar-refractivity contribution < 1.29 is 0 Å². The van der Waals surface area contributed by atoms with E-state index in [1.54, 1.807) is 0 Å². The van der Waals surface area contributed by atoms with Gasteiger partial charge in [-0.3, -0.25) is 4.68 Å². The molecule has 1 unspecified atom stereocenters. The van der Waals surface area contributed by atoms with E-state index in [9.17, 15) is 0 Å². The lowest BCUT2D eigenvalue weighted by Gasteiger charge is -2.16. The van der Waals surface area contributed by atoms with Gasteiger partial charge in [0.05, 0.1) is 5.69 Å². The monoisotopic (exact) mass is 265 g/mol. The van der Waals surface area contributed by atoms with Gasteiger partial charge in [-0.05, 0) is 38.6 Å². The molecule has 0 aromatic carbocycles. The van der Waals surface area contributed by atoms with Gasteiger partial charge in [0.1, 0.15) is 0 Å². The molecule has 1 N–H and O–H groups in total. The van der Waals surface area contributed by atoms with Gasteiger partial charge in [0.15, 0.2) is 0 Å². The molecule has 0 aliphatic heterocycles. The number of hydrogen-bond donors (Lipinski definition) is 1. The molecule has 0 saturated carbocycles. The smallest absolute Gasteiger partial charge is 0.0672 e. The third kappa shape index (κ3) is 3.82. The van der Waals surface area contributed by atoms with E-state index in [0.717, 1.165) is 31.7 Å². The van der Waals surface area contributed by atoms with Crippen LogP contribution in [-0.4, -0.2) is 16.8 Å². The fourth-order valence-electron chi connectivity index (χ4n) is 2.72. The average molecular weight is 265 g/mol. The Morgan fingerprint density at radius 1 is 1.16 bits per heavy atom. The van der Waals surface area contributed by atoms with Gasteiger partial charge in [0.25, 0.3) is 0 Å². The van der Waals surface area contributed by atoms with E-state index in [-0.39, 0.29) is 0 Å². The van der Waals surface area contributed by atoms with Crippen LogP contribution in [0.2, 0.25) is 0 Å². The van der Waals surface area contributed by atoms with Gasteiger partial charge in [-0.2, -0.15) is 5.10 Å².